The molecule has 5 heteroatoms. The van der Waals surface area contributed by atoms with E-state index in [9.17, 15) is 9.59 Å². The van der Waals surface area contributed by atoms with E-state index in [1.165, 1.54) is 0 Å². The van der Waals surface area contributed by atoms with Crippen molar-refractivity contribution in [2.45, 2.75) is 58.2 Å². The normalized spacial score (nSPS) is 19.2. The summed E-state index contributed by atoms with van der Waals surface area (Å²) in [5, 5.41) is 3.43. The lowest BCUT2D eigenvalue weighted by Gasteiger charge is -2.37. The van der Waals surface area contributed by atoms with Crippen molar-refractivity contribution in [3.63, 3.8) is 0 Å². The topological polar surface area (TPSA) is 64.6 Å². The number of benzene rings is 3. The number of ether oxygens (including phenoxy) is 2. The molecule has 194 valence electrons. The van der Waals surface area contributed by atoms with Crippen molar-refractivity contribution in [3.05, 3.63) is 124 Å². The molecule has 5 nitrogen and oxygen atoms in total. The van der Waals surface area contributed by atoms with Crippen molar-refractivity contribution in [2.75, 3.05) is 0 Å². The molecule has 2 unspecified atom stereocenters. The van der Waals surface area contributed by atoms with Crippen molar-refractivity contribution >= 4 is 11.8 Å². The van der Waals surface area contributed by atoms with Crippen LogP contribution in [0.5, 0.6) is 5.75 Å². The Bertz CT molecular complexity index is 1390. The summed E-state index contributed by atoms with van der Waals surface area (Å²) < 4.78 is 12.0. The van der Waals surface area contributed by atoms with Gasteiger partial charge in [0.05, 0.1) is 17.6 Å². The third-order valence-corrected chi connectivity index (χ3v) is 7.13. The van der Waals surface area contributed by atoms with Crippen LogP contribution in [-0.4, -0.2) is 17.9 Å². The van der Waals surface area contributed by atoms with Gasteiger partial charge in [0.25, 0.3) is 0 Å². The number of dihydropyridines is 1. The fraction of sp³-hybridized carbons (Fsp3) is 0.273. The standard InChI is InChI=1S/C33H33NO4/c1-21(2)38-33(36)30-22(3)34-27-18-25(24-14-8-5-9-15-24)19-28(35)32(27)31(30)26-16-10-11-17-29(26)37-20-23-12-6-4-7-13-23/h4-17,21,25,31,34H,18-20H2,1-3H3. The Kier molecular flexibility index (Phi) is 7.45. The van der Waals surface area contributed by atoms with Gasteiger partial charge in [0.1, 0.15) is 12.4 Å². The molecule has 0 radical (unpaired) electrons. The average Bonchev–Trinajstić information content (AvgIpc) is 2.92. The lowest BCUT2D eigenvalue weighted by Crippen LogP contribution is -2.36. The second kappa shape index (κ2) is 11.1. The third-order valence-electron chi connectivity index (χ3n) is 7.13. The van der Waals surface area contributed by atoms with Gasteiger partial charge in [-0.3, -0.25) is 4.79 Å². The smallest absolute Gasteiger partial charge is 0.337 e. The van der Waals surface area contributed by atoms with Crippen LogP contribution < -0.4 is 10.1 Å². The zero-order valence-corrected chi connectivity index (χ0v) is 22.1. The number of hydrogen-bond acceptors (Lipinski definition) is 5. The van der Waals surface area contributed by atoms with Gasteiger partial charge < -0.3 is 14.8 Å². The number of allylic oxidation sites excluding steroid dienone is 3. The second-order valence-corrected chi connectivity index (χ2v) is 10.2. The van der Waals surface area contributed by atoms with Crippen LogP contribution in [0.25, 0.3) is 0 Å². The minimum absolute atomic E-state index is 0.0396. The van der Waals surface area contributed by atoms with Crippen molar-refractivity contribution in [1.29, 1.82) is 0 Å². The van der Waals surface area contributed by atoms with E-state index in [1.54, 1.807) is 0 Å². The summed E-state index contributed by atoms with van der Waals surface area (Å²) in [5.41, 5.74) is 5.64. The van der Waals surface area contributed by atoms with Crippen LogP contribution in [0.1, 0.15) is 62.1 Å². The highest BCUT2D eigenvalue weighted by Gasteiger charge is 2.42. The average molecular weight is 508 g/mol. The molecule has 0 spiro atoms. The molecule has 0 bridgehead atoms. The summed E-state index contributed by atoms with van der Waals surface area (Å²) in [6, 6.07) is 27.8. The molecule has 3 aromatic rings. The summed E-state index contributed by atoms with van der Waals surface area (Å²) >= 11 is 0. The highest BCUT2D eigenvalue weighted by molar-refractivity contribution is 6.04. The molecule has 0 saturated heterocycles. The molecule has 2 aliphatic rings. The first-order valence-electron chi connectivity index (χ1n) is 13.2. The van der Waals surface area contributed by atoms with Gasteiger partial charge in [0.15, 0.2) is 5.78 Å². The quantitative estimate of drug-likeness (QED) is 0.366. The zero-order chi connectivity index (χ0) is 26.6. The summed E-state index contributed by atoms with van der Waals surface area (Å²) in [7, 11) is 0. The van der Waals surface area contributed by atoms with Crippen LogP contribution in [0.3, 0.4) is 0 Å². The lowest BCUT2D eigenvalue weighted by atomic mass is 9.71. The maximum absolute atomic E-state index is 13.9. The van der Waals surface area contributed by atoms with Crippen LogP contribution in [0.15, 0.2) is 107 Å². The highest BCUT2D eigenvalue weighted by atomic mass is 16.5. The molecule has 1 aliphatic carbocycles. The number of ketones is 1. The molecule has 1 heterocycles. The van der Waals surface area contributed by atoms with E-state index >= 15 is 0 Å². The fourth-order valence-corrected chi connectivity index (χ4v) is 5.44. The molecule has 3 aromatic carbocycles. The number of esters is 1. The van der Waals surface area contributed by atoms with Crippen LogP contribution in [0, 0.1) is 0 Å². The Morgan fingerprint density at radius 1 is 0.921 bits per heavy atom. The number of nitrogens with one attached hydrogen (secondary N) is 1. The minimum Gasteiger partial charge on any atom is -0.489 e. The van der Waals surface area contributed by atoms with Crippen molar-refractivity contribution in [3.8, 4) is 5.75 Å². The fourth-order valence-electron chi connectivity index (χ4n) is 5.44. The largest absolute Gasteiger partial charge is 0.489 e. The Morgan fingerprint density at radius 2 is 1.58 bits per heavy atom. The summed E-state index contributed by atoms with van der Waals surface area (Å²) in [5.74, 6) is -0.225. The predicted molar refractivity (Wildman–Crippen MR) is 147 cm³/mol. The summed E-state index contributed by atoms with van der Waals surface area (Å²) in [6.45, 7) is 5.93. The van der Waals surface area contributed by atoms with Crippen LogP contribution in [-0.2, 0) is 20.9 Å². The molecule has 0 fully saturated rings. The lowest BCUT2D eigenvalue weighted by molar-refractivity contribution is -0.143. The molecule has 0 saturated carbocycles. The van der Waals surface area contributed by atoms with E-state index in [0.717, 1.165) is 22.4 Å². The maximum Gasteiger partial charge on any atom is 0.337 e. The monoisotopic (exact) mass is 507 g/mol. The second-order valence-electron chi connectivity index (χ2n) is 10.2. The number of rotatable bonds is 7. The van der Waals surface area contributed by atoms with Gasteiger partial charge >= 0.3 is 5.97 Å². The molecule has 1 N–H and O–H groups in total. The van der Waals surface area contributed by atoms with Crippen LogP contribution in [0.2, 0.25) is 0 Å². The molecule has 0 aromatic heterocycles. The highest BCUT2D eigenvalue weighted by Crippen LogP contribution is 2.47. The molecule has 1 aliphatic heterocycles. The zero-order valence-electron chi connectivity index (χ0n) is 22.1. The summed E-state index contributed by atoms with van der Waals surface area (Å²) in [4.78, 5) is 27.3. The molecular formula is C33H33NO4. The number of hydrogen-bond donors (Lipinski definition) is 1. The van der Waals surface area contributed by atoms with E-state index in [0.29, 0.717) is 42.0 Å². The molecule has 5 rings (SSSR count). The number of para-hydroxylation sites is 1. The number of carbonyl (C=O) groups is 2. The van der Waals surface area contributed by atoms with Crippen molar-refractivity contribution < 1.29 is 19.1 Å². The van der Waals surface area contributed by atoms with Crippen molar-refractivity contribution in [1.82, 2.24) is 5.32 Å². The molecule has 38 heavy (non-hydrogen) atoms. The Labute approximate surface area is 224 Å². The molecule has 0 amide bonds. The van der Waals surface area contributed by atoms with Crippen LogP contribution in [0.4, 0.5) is 0 Å². The summed E-state index contributed by atoms with van der Waals surface area (Å²) in [6.07, 6.45) is 0.797. The van der Waals surface area contributed by atoms with E-state index in [1.807, 2.05) is 93.6 Å². The Morgan fingerprint density at radius 3 is 2.29 bits per heavy atom. The van der Waals surface area contributed by atoms with E-state index < -0.39 is 11.9 Å². The molecule has 2 atom stereocenters. The van der Waals surface area contributed by atoms with Gasteiger partial charge in [0, 0.05) is 29.0 Å². The third kappa shape index (κ3) is 5.28. The van der Waals surface area contributed by atoms with Gasteiger partial charge in [0.2, 0.25) is 0 Å². The van der Waals surface area contributed by atoms with Gasteiger partial charge in [-0.1, -0.05) is 78.9 Å². The number of Topliss-reactive ketones (excluding diaryl/α,β-unsaturated/α-hetero) is 1. The van der Waals surface area contributed by atoms with Gasteiger partial charge in [-0.05, 0) is 50.3 Å². The van der Waals surface area contributed by atoms with Gasteiger partial charge in [-0.25, -0.2) is 4.79 Å². The van der Waals surface area contributed by atoms with E-state index in [-0.39, 0.29) is 17.8 Å². The first-order valence-corrected chi connectivity index (χ1v) is 13.2. The van der Waals surface area contributed by atoms with E-state index in [4.69, 9.17) is 9.47 Å². The minimum atomic E-state index is -0.575. The number of carbonyl (C=O) groups excluding carboxylic acids is 2. The van der Waals surface area contributed by atoms with Gasteiger partial charge in [-0.15, -0.1) is 0 Å². The maximum atomic E-state index is 13.9. The Hall–Kier alpha value is -4.12. The Balaban J connectivity index is 1.58. The van der Waals surface area contributed by atoms with Crippen LogP contribution >= 0.6 is 0 Å². The van der Waals surface area contributed by atoms with Gasteiger partial charge in [-0.2, -0.15) is 0 Å². The van der Waals surface area contributed by atoms with E-state index in [2.05, 4.69) is 17.4 Å². The van der Waals surface area contributed by atoms with Crippen molar-refractivity contribution in [2.24, 2.45) is 0 Å². The predicted octanol–water partition coefficient (Wildman–Crippen LogP) is 6.58. The molecular weight excluding hydrogens is 474 g/mol. The first-order chi connectivity index (χ1) is 18.4. The first kappa shape index (κ1) is 25.5. The SMILES string of the molecule is CC1=C(C(=O)OC(C)C)C(c2ccccc2OCc2ccccc2)C2=C(CC(c3ccccc3)CC2=O)N1.